The minimum absolute atomic E-state index is 0.0660. The zero-order valence-electron chi connectivity index (χ0n) is 20.8. The molecule has 0 fully saturated rings. The standard InChI is InChI=1S/C29H32ClFN2O2S/c1-20(2)32-29(35)27(16-22-11-5-4-6-12-22)33(17-23-13-8-7-10-21(23)3)28(34)19-36-18-24-25(30)14-9-15-26(24)31/h4-15,20,27H,16-19H2,1-3H3,(H,32,35). The first kappa shape index (κ1) is 27.8. The molecular weight excluding hydrogens is 495 g/mol. The normalized spacial score (nSPS) is 11.8. The van der Waals surface area contributed by atoms with Crippen LogP contribution in [0.4, 0.5) is 4.39 Å². The summed E-state index contributed by atoms with van der Waals surface area (Å²) in [6.07, 6.45) is 0.390. The van der Waals surface area contributed by atoms with Crippen LogP contribution in [0.15, 0.2) is 72.8 Å². The van der Waals surface area contributed by atoms with Gasteiger partial charge in [-0.25, -0.2) is 4.39 Å². The fraction of sp³-hybridized carbons (Fsp3) is 0.310. The molecule has 4 nitrogen and oxygen atoms in total. The van der Waals surface area contributed by atoms with Crippen LogP contribution in [0.1, 0.15) is 36.1 Å². The summed E-state index contributed by atoms with van der Waals surface area (Å²) < 4.78 is 14.2. The first-order valence-corrected chi connectivity index (χ1v) is 13.5. The Kier molecular flexibility index (Phi) is 10.4. The van der Waals surface area contributed by atoms with E-state index >= 15 is 0 Å². The molecule has 36 heavy (non-hydrogen) atoms. The van der Waals surface area contributed by atoms with E-state index in [2.05, 4.69) is 5.32 Å². The predicted molar refractivity (Wildman–Crippen MR) is 147 cm³/mol. The molecule has 0 heterocycles. The average molecular weight is 527 g/mol. The number of rotatable bonds is 11. The largest absolute Gasteiger partial charge is 0.352 e. The summed E-state index contributed by atoms with van der Waals surface area (Å²) in [4.78, 5) is 28.7. The van der Waals surface area contributed by atoms with E-state index in [1.165, 1.54) is 17.8 Å². The zero-order valence-corrected chi connectivity index (χ0v) is 22.4. The summed E-state index contributed by atoms with van der Waals surface area (Å²) in [6, 6.07) is 21.3. The first-order chi connectivity index (χ1) is 17.3. The van der Waals surface area contributed by atoms with Crippen molar-refractivity contribution in [3.63, 3.8) is 0 Å². The summed E-state index contributed by atoms with van der Waals surface area (Å²) in [5.74, 6) is -0.417. The van der Waals surface area contributed by atoms with Gasteiger partial charge in [-0.2, -0.15) is 0 Å². The maximum atomic E-state index is 14.2. The number of carbonyl (C=O) groups is 2. The Hall–Kier alpha value is -2.83. The van der Waals surface area contributed by atoms with Crippen LogP contribution < -0.4 is 5.32 Å². The number of carbonyl (C=O) groups excluding carboxylic acids is 2. The molecule has 0 aromatic heterocycles. The molecule has 0 radical (unpaired) electrons. The van der Waals surface area contributed by atoms with E-state index < -0.39 is 11.9 Å². The molecule has 0 spiro atoms. The van der Waals surface area contributed by atoms with Crippen LogP contribution >= 0.6 is 23.4 Å². The van der Waals surface area contributed by atoms with Gasteiger partial charge < -0.3 is 10.2 Å². The SMILES string of the molecule is Cc1ccccc1CN(C(=O)CSCc1c(F)cccc1Cl)C(Cc1ccccc1)C(=O)NC(C)C. The van der Waals surface area contributed by atoms with Gasteiger partial charge in [0.1, 0.15) is 11.9 Å². The van der Waals surface area contributed by atoms with Gasteiger partial charge >= 0.3 is 0 Å². The highest BCUT2D eigenvalue weighted by Gasteiger charge is 2.31. The quantitative estimate of drug-likeness (QED) is 0.324. The number of hydrogen-bond donors (Lipinski definition) is 1. The van der Waals surface area contributed by atoms with E-state index in [0.717, 1.165) is 16.7 Å². The molecule has 0 saturated carbocycles. The van der Waals surface area contributed by atoms with E-state index in [-0.39, 0.29) is 29.4 Å². The van der Waals surface area contributed by atoms with E-state index in [9.17, 15) is 14.0 Å². The molecule has 190 valence electrons. The maximum Gasteiger partial charge on any atom is 0.243 e. The molecule has 1 unspecified atom stereocenters. The Morgan fingerprint density at radius 2 is 1.69 bits per heavy atom. The van der Waals surface area contributed by atoms with Crippen molar-refractivity contribution in [2.45, 2.75) is 51.6 Å². The van der Waals surface area contributed by atoms with Crippen LogP contribution in [-0.2, 0) is 28.3 Å². The summed E-state index contributed by atoms with van der Waals surface area (Å²) >= 11 is 7.45. The van der Waals surface area contributed by atoms with Crippen LogP contribution in [0.2, 0.25) is 5.02 Å². The molecule has 3 rings (SSSR count). The summed E-state index contributed by atoms with van der Waals surface area (Å²) in [7, 11) is 0. The molecule has 3 aromatic carbocycles. The molecule has 7 heteroatoms. The van der Waals surface area contributed by atoms with Crippen molar-refractivity contribution < 1.29 is 14.0 Å². The van der Waals surface area contributed by atoms with Crippen molar-refractivity contribution >= 4 is 35.2 Å². The monoisotopic (exact) mass is 526 g/mol. The lowest BCUT2D eigenvalue weighted by atomic mass is 10.0. The Bertz CT molecular complexity index is 1150. The smallest absolute Gasteiger partial charge is 0.243 e. The van der Waals surface area contributed by atoms with E-state index in [1.54, 1.807) is 17.0 Å². The van der Waals surface area contributed by atoms with Crippen molar-refractivity contribution in [3.8, 4) is 0 Å². The highest BCUT2D eigenvalue weighted by atomic mass is 35.5. The van der Waals surface area contributed by atoms with Gasteiger partial charge in [-0.1, -0.05) is 72.3 Å². The molecule has 3 aromatic rings. The van der Waals surface area contributed by atoms with E-state index in [1.807, 2.05) is 75.4 Å². The minimum Gasteiger partial charge on any atom is -0.352 e. The lowest BCUT2D eigenvalue weighted by molar-refractivity contribution is -0.139. The topological polar surface area (TPSA) is 49.4 Å². The molecule has 0 aliphatic rings. The van der Waals surface area contributed by atoms with Gasteiger partial charge in [0.15, 0.2) is 0 Å². The maximum absolute atomic E-state index is 14.2. The molecule has 0 saturated heterocycles. The Labute approximate surface area is 222 Å². The Morgan fingerprint density at radius 3 is 2.36 bits per heavy atom. The van der Waals surface area contributed by atoms with Crippen LogP contribution in [0.3, 0.4) is 0 Å². The third kappa shape index (κ3) is 7.84. The van der Waals surface area contributed by atoms with E-state index in [0.29, 0.717) is 23.6 Å². The molecule has 1 N–H and O–H groups in total. The second kappa shape index (κ2) is 13.5. The van der Waals surface area contributed by atoms with Crippen LogP contribution in [0.25, 0.3) is 0 Å². The van der Waals surface area contributed by atoms with Crippen molar-refractivity contribution in [1.82, 2.24) is 10.2 Å². The molecule has 0 aliphatic carbocycles. The number of amides is 2. The van der Waals surface area contributed by atoms with Gasteiger partial charge in [0.2, 0.25) is 11.8 Å². The third-order valence-corrected chi connectivity index (χ3v) is 7.14. The van der Waals surface area contributed by atoms with Crippen molar-refractivity contribution in [1.29, 1.82) is 0 Å². The van der Waals surface area contributed by atoms with Gasteiger partial charge in [0.25, 0.3) is 0 Å². The minimum atomic E-state index is -0.695. The highest BCUT2D eigenvalue weighted by molar-refractivity contribution is 7.99. The number of benzene rings is 3. The number of aryl methyl sites for hydroxylation is 1. The van der Waals surface area contributed by atoms with Gasteiger partial charge in [0, 0.05) is 35.3 Å². The fourth-order valence-electron chi connectivity index (χ4n) is 3.90. The van der Waals surface area contributed by atoms with Crippen molar-refractivity contribution in [3.05, 3.63) is 106 Å². The Balaban J connectivity index is 1.88. The lowest BCUT2D eigenvalue weighted by Crippen LogP contribution is -2.52. The second-order valence-corrected chi connectivity index (χ2v) is 10.4. The lowest BCUT2D eigenvalue weighted by Gasteiger charge is -2.32. The molecule has 2 amide bonds. The number of nitrogens with zero attached hydrogens (tertiary/aromatic N) is 1. The van der Waals surface area contributed by atoms with Gasteiger partial charge in [0.05, 0.1) is 5.75 Å². The zero-order chi connectivity index (χ0) is 26.1. The summed E-state index contributed by atoms with van der Waals surface area (Å²) in [5, 5.41) is 3.33. The third-order valence-electron chi connectivity index (χ3n) is 5.84. The Morgan fingerprint density at radius 1 is 1.00 bits per heavy atom. The van der Waals surface area contributed by atoms with E-state index in [4.69, 9.17) is 11.6 Å². The molecule has 0 aliphatic heterocycles. The number of nitrogens with one attached hydrogen (secondary N) is 1. The fourth-order valence-corrected chi connectivity index (χ4v) is 5.15. The van der Waals surface area contributed by atoms with Crippen LogP contribution in [0, 0.1) is 12.7 Å². The molecule has 0 bridgehead atoms. The average Bonchev–Trinajstić information content (AvgIpc) is 2.84. The second-order valence-electron chi connectivity index (χ2n) is 9.01. The number of thioether (sulfide) groups is 1. The summed E-state index contributed by atoms with van der Waals surface area (Å²) in [5.41, 5.74) is 3.36. The number of halogens is 2. The molecule has 1 atom stereocenters. The highest BCUT2D eigenvalue weighted by Crippen LogP contribution is 2.25. The van der Waals surface area contributed by atoms with Crippen molar-refractivity contribution in [2.24, 2.45) is 0 Å². The number of hydrogen-bond acceptors (Lipinski definition) is 3. The summed E-state index contributed by atoms with van der Waals surface area (Å²) in [6.45, 7) is 6.10. The molecular formula is C29H32ClFN2O2S. The van der Waals surface area contributed by atoms with Gasteiger partial charge in [-0.15, -0.1) is 11.8 Å². The van der Waals surface area contributed by atoms with Gasteiger partial charge in [-0.05, 0) is 49.6 Å². The van der Waals surface area contributed by atoms with Crippen LogP contribution in [0.5, 0.6) is 0 Å². The van der Waals surface area contributed by atoms with Gasteiger partial charge in [-0.3, -0.25) is 9.59 Å². The first-order valence-electron chi connectivity index (χ1n) is 11.9. The van der Waals surface area contributed by atoms with Crippen LogP contribution in [-0.4, -0.2) is 34.6 Å². The predicted octanol–water partition coefficient (Wildman–Crippen LogP) is 6.19. The van der Waals surface area contributed by atoms with Crippen molar-refractivity contribution in [2.75, 3.05) is 5.75 Å².